The van der Waals surface area contributed by atoms with Crippen molar-refractivity contribution < 1.29 is 19.2 Å². The Morgan fingerprint density at radius 3 is 2.73 bits per heavy atom. The Morgan fingerprint density at radius 2 is 2.18 bits per heavy atom. The summed E-state index contributed by atoms with van der Waals surface area (Å²) in [5.74, 6) is 2.43. The summed E-state index contributed by atoms with van der Waals surface area (Å²) < 4.78 is 10.2. The van der Waals surface area contributed by atoms with E-state index in [0.29, 0.717) is 22.6 Å². The number of nitrogens with zero attached hydrogens (tertiary/aromatic N) is 1. The predicted molar refractivity (Wildman–Crippen MR) is 80.3 cm³/mol. The predicted octanol–water partition coefficient (Wildman–Crippen LogP) is 1.77. The number of aliphatic hydroxyl groups excluding tert-OH is 1. The summed E-state index contributed by atoms with van der Waals surface area (Å²) in [6, 6.07) is 7.05. The van der Waals surface area contributed by atoms with Crippen LogP contribution in [0.1, 0.15) is 29.1 Å². The van der Waals surface area contributed by atoms with Gasteiger partial charge in [0.1, 0.15) is 11.4 Å². The molecule has 1 amide bonds. The van der Waals surface area contributed by atoms with E-state index in [4.69, 9.17) is 15.7 Å². The second kappa shape index (κ2) is 6.78. The zero-order chi connectivity index (χ0) is 16.1. The molecule has 0 aliphatic rings. The lowest BCUT2D eigenvalue weighted by Crippen LogP contribution is -2.24. The molecule has 114 valence electrons. The molecular weight excluding hydrogens is 284 g/mol. The maximum atomic E-state index is 12.0. The fourth-order valence-corrected chi connectivity index (χ4v) is 2.02. The van der Waals surface area contributed by atoms with Gasteiger partial charge in [0.25, 0.3) is 5.91 Å². The number of carbonyl (C=O) groups excluding carboxylic acids is 1. The molecule has 1 heterocycles. The van der Waals surface area contributed by atoms with Gasteiger partial charge in [-0.05, 0) is 31.2 Å². The van der Waals surface area contributed by atoms with Gasteiger partial charge >= 0.3 is 0 Å². The molecule has 0 saturated heterocycles. The largest absolute Gasteiger partial charge is 0.497 e. The Bertz CT molecular complexity index is 696. The van der Waals surface area contributed by atoms with Crippen LogP contribution in [0.15, 0.2) is 28.8 Å². The molecule has 1 unspecified atom stereocenters. The molecule has 22 heavy (non-hydrogen) atoms. The van der Waals surface area contributed by atoms with Gasteiger partial charge in [0, 0.05) is 5.56 Å². The third-order valence-electron chi connectivity index (χ3n) is 3.07. The third-order valence-corrected chi connectivity index (χ3v) is 3.07. The van der Waals surface area contributed by atoms with Gasteiger partial charge in [0.15, 0.2) is 0 Å². The van der Waals surface area contributed by atoms with E-state index in [0.717, 1.165) is 0 Å². The van der Waals surface area contributed by atoms with Crippen molar-refractivity contribution in [1.82, 2.24) is 10.5 Å². The van der Waals surface area contributed by atoms with Gasteiger partial charge in [-0.3, -0.25) is 4.79 Å². The van der Waals surface area contributed by atoms with Crippen molar-refractivity contribution in [3.63, 3.8) is 0 Å². The molecule has 2 rings (SSSR count). The number of hydrogen-bond acceptors (Lipinski definition) is 5. The van der Waals surface area contributed by atoms with Crippen LogP contribution >= 0.6 is 0 Å². The quantitative estimate of drug-likeness (QED) is 0.822. The highest BCUT2D eigenvalue weighted by atomic mass is 16.5. The lowest BCUT2D eigenvalue weighted by atomic mass is 10.0. The summed E-state index contributed by atoms with van der Waals surface area (Å²) in [4.78, 5) is 12.0. The molecule has 0 bridgehead atoms. The highest BCUT2D eigenvalue weighted by molar-refractivity contribution is 5.94. The van der Waals surface area contributed by atoms with Crippen molar-refractivity contribution in [3.8, 4) is 29.4 Å². The molecule has 1 aromatic carbocycles. The van der Waals surface area contributed by atoms with Gasteiger partial charge in [-0.25, -0.2) is 0 Å². The maximum absolute atomic E-state index is 12.0. The normalized spacial score (nSPS) is 11.5. The lowest BCUT2D eigenvalue weighted by molar-refractivity contribution is 0.0913. The average Bonchev–Trinajstić information content (AvgIpc) is 2.98. The van der Waals surface area contributed by atoms with Crippen molar-refractivity contribution in [1.29, 1.82) is 0 Å². The molecule has 2 aromatic rings. The molecule has 0 spiro atoms. The van der Waals surface area contributed by atoms with Gasteiger partial charge in [-0.15, -0.1) is 6.42 Å². The summed E-state index contributed by atoms with van der Waals surface area (Å²) in [6.07, 6.45) is 4.18. The highest BCUT2D eigenvalue weighted by Crippen LogP contribution is 2.31. The fourth-order valence-electron chi connectivity index (χ4n) is 2.02. The van der Waals surface area contributed by atoms with Crippen LogP contribution in [-0.4, -0.2) is 29.8 Å². The summed E-state index contributed by atoms with van der Waals surface area (Å²) >= 11 is 0. The topological polar surface area (TPSA) is 84.6 Å². The number of carbonyl (C=O) groups is 1. The molecule has 6 heteroatoms. The van der Waals surface area contributed by atoms with Gasteiger partial charge < -0.3 is 19.7 Å². The number of aromatic nitrogens is 1. The van der Waals surface area contributed by atoms with Gasteiger partial charge in [0.2, 0.25) is 5.76 Å². The van der Waals surface area contributed by atoms with Crippen molar-refractivity contribution in [2.45, 2.75) is 13.0 Å². The van der Waals surface area contributed by atoms with E-state index < -0.39 is 12.0 Å². The first-order chi connectivity index (χ1) is 10.6. The van der Waals surface area contributed by atoms with Crippen molar-refractivity contribution >= 4 is 5.91 Å². The number of ether oxygens (including phenoxy) is 1. The lowest BCUT2D eigenvalue weighted by Gasteiger charge is -2.07. The van der Waals surface area contributed by atoms with E-state index in [1.807, 2.05) is 0 Å². The van der Waals surface area contributed by atoms with E-state index in [1.165, 1.54) is 6.92 Å². The zero-order valence-electron chi connectivity index (χ0n) is 12.3. The molecule has 1 atom stereocenters. The van der Waals surface area contributed by atoms with Crippen molar-refractivity contribution in [2.75, 3.05) is 13.7 Å². The fraction of sp³-hybridized carbons (Fsp3) is 0.250. The Morgan fingerprint density at radius 1 is 1.50 bits per heavy atom. The molecule has 1 aromatic heterocycles. The number of rotatable bonds is 5. The summed E-state index contributed by atoms with van der Waals surface area (Å²) in [5, 5.41) is 16.4. The van der Waals surface area contributed by atoms with Crippen LogP contribution in [0.3, 0.4) is 0 Å². The summed E-state index contributed by atoms with van der Waals surface area (Å²) in [6.45, 7) is 1.61. The Hall–Kier alpha value is -2.78. The first-order valence-electron chi connectivity index (χ1n) is 6.62. The molecule has 0 aliphatic carbocycles. The van der Waals surface area contributed by atoms with Crippen LogP contribution in [0.2, 0.25) is 0 Å². The second-order valence-corrected chi connectivity index (χ2v) is 4.57. The molecule has 0 saturated carbocycles. The van der Waals surface area contributed by atoms with Gasteiger partial charge in [-0.2, -0.15) is 0 Å². The standard InChI is InChI=1S/C16H16N2O4/c1-4-9-17-16(20)15-13(10(2)19)14(18-22-15)11-5-7-12(21-3)8-6-11/h1,5-8,10,19H,9H2,2-3H3,(H,17,20). The Kier molecular flexibility index (Phi) is 4.81. The monoisotopic (exact) mass is 300 g/mol. The minimum atomic E-state index is -0.921. The highest BCUT2D eigenvalue weighted by Gasteiger charge is 2.26. The SMILES string of the molecule is C#CCNC(=O)c1onc(-c2ccc(OC)cc2)c1C(C)O. The molecule has 0 radical (unpaired) electrons. The van der Waals surface area contributed by atoms with Crippen LogP contribution in [0, 0.1) is 12.3 Å². The summed E-state index contributed by atoms with van der Waals surface area (Å²) in [7, 11) is 1.57. The van der Waals surface area contributed by atoms with Crippen LogP contribution in [0.5, 0.6) is 5.75 Å². The number of hydrogen-bond donors (Lipinski definition) is 2. The molecule has 2 N–H and O–H groups in total. The van der Waals surface area contributed by atoms with E-state index >= 15 is 0 Å². The first-order valence-corrected chi connectivity index (χ1v) is 6.62. The first kappa shape index (κ1) is 15.6. The maximum Gasteiger partial charge on any atom is 0.291 e. The molecule has 0 fully saturated rings. The van der Waals surface area contributed by atoms with Crippen LogP contribution in [0.25, 0.3) is 11.3 Å². The van der Waals surface area contributed by atoms with Crippen molar-refractivity contribution in [2.24, 2.45) is 0 Å². The van der Waals surface area contributed by atoms with Gasteiger partial charge in [-0.1, -0.05) is 11.1 Å². The number of aliphatic hydroxyl groups is 1. The average molecular weight is 300 g/mol. The van der Waals surface area contributed by atoms with E-state index in [2.05, 4.69) is 16.4 Å². The minimum Gasteiger partial charge on any atom is -0.497 e. The van der Waals surface area contributed by atoms with E-state index in [1.54, 1.807) is 31.4 Å². The van der Waals surface area contributed by atoms with E-state index in [9.17, 15) is 9.90 Å². The molecule has 0 aliphatic heterocycles. The molecular formula is C16H16N2O4. The number of benzene rings is 1. The third kappa shape index (κ3) is 3.10. The minimum absolute atomic E-state index is 0.0453. The Labute approximate surface area is 128 Å². The number of nitrogens with one attached hydrogen (secondary N) is 1. The van der Waals surface area contributed by atoms with Crippen LogP contribution < -0.4 is 10.1 Å². The van der Waals surface area contributed by atoms with E-state index in [-0.39, 0.29) is 12.3 Å². The van der Waals surface area contributed by atoms with Crippen LogP contribution in [-0.2, 0) is 0 Å². The van der Waals surface area contributed by atoms with Crippen molar-refractivity contribution in [3.05, 3.63) is 35.6 Å². The zero-order valence-corrected chi connectivity index (χ0v) is 12.3. The smallest absolute Gasteiger partial charge is 0.291 e. The number of methoxy groups -OCH3 is 1. The second-order valence-electron chi connectivity index (χ2n) is 4.57. The number of amides is 1. The van der Waals surface area contributed by atoms with Crippen LogP contribution in [0.4, 0.5) is 0 Å². The number of terminal acetylenes is 1. The van der Waals surface area contributed by atoms with Gasteiger partial charge in [0.05, 0.1) is 25.3 Å². The Balaban J connectivity index is 2.42. The summed E-state index contributed by atoms with van der Waals surface area (Å²) in [5.41, 5.74) is 1.43. The molecule has 6 nitrogen and oxygen atoms in total.